The number of para-hydroxylation sites is 1. The Labute approximate surface area is 124 Å². The van der Waals surface area contributed by atoms with Crippen LogP contribution >= 0.6 is 0 Å². The molecule has 1 aliphatic rings. The Kier molecular flexibility index (Phi) is 4.98. The molecule has 5 heteroatoms. The van der Waals surface area contributed by atoms with E-state index in [1.165, 1.54) is 0 Å². The highest BCUT2D eigenvalue weighted by molar-refractivity contribution is 5.95. The van der Waals surface area contributed by atoms with Gasteiger partial charge in [0.1, 0.15) is 0 Å². The molecule has 112 valence electrons. The Morgan fingerprint density at radius 1 is 1.43 bits per heavy atom. The summed E-state index contributed by atoms with van der Waals surface area (Å²) >= 11 is 0. The minimum absolute atomic E-state index is 0.171. The van der Waals surface area contributed by atoms with Crippen molar-refractivity contribution in [3.05, 3.63) is 42.0 Å². The van der Waals surface area contributed by atoms with E-state index in [0.29, 0.717) is 30.8 Å². The second-order valence-electron chi connectivity index (χ2n) is 4.98. The van der Waals surface area contributed by atoms with Gasteiger partial charge in [-0.1, -0.05) is 30.4 Å². The fourth-order valence-electron chi connectivity index (χ4n) is 2.55. The van der Waals surface area contributed by atoms with Crippen molar-refractivity contribution in [2.24, 2.45) is 0 Å². The van der Waals surface area contributed by atoms with Crippen LogP contribution in [0, 0.1) is 0 Å². The average Bonchev–Trinajstić information content (AvgIpc) is 2.50. The highest BCUT2D eigenvalue weighted by Gasteiger charge is 2.32. The Hall–Kier alpha value is -2.30. The van der Waals surface area contributed by atoms with Crippen molar-refractivity contribution in [1.29, 1.82) is 0 Å². The maximum absolute atomic E-state index is 12.2. The van der Waals surface area contributed by atoms with Gasteiger partial charge in [0.15, 0.2) is 0 Å². The number of fused-ring (bicyclic) bond motifs is 1. The van der Waals surface area contributed by atoms with Crippen LogP contribution in [0.2, 0.25) is 0 Å². The number of hydrogen-bond acceptors (Lipinski definition) is 2. The minimum atomic E-state index is -0.837. The second kappa shape index (κ2) is 6.92. The largest absolute Gasteiger partial charge is 0.481 e. The van der Waals surface area contributed by atoms with Gasteiger partial charge in [0.25, 0.3) is 0 Å². The number of anilines is 1. The predicted molar refractivity (Wildman–Crippen MR) is 81.6 cm³/mol. The molecule has 1 atom stereocenters. The number of aliphatic carboxylic acids is 1. The molecule has 0 bridgehead atoms. The summed E-state index contributed by atoms with van der Waals surface area (Å²) in [7, 11) is 0. The molecule has 2 rings (SSSR count). The number of urea groups is 1. The molecule has 21 heavy (non-hydrogen) atoms. The van der Waals surface area contributed by atoms with Crippen LogP contribution in [0.25, 0.3) is 0 Å². The van der Waals surface area contributed by atoms with Crippen LogP contribution in [0.15, 0.2) is 36.4 Å². The van der Waals surface area contributed by atoms with E-state index in [1.807, 2.05) is 31.2 Å². The van der Waals surface area contributed by atoms with E-state index >= 15 is 0 Å². The number of carbonyl (C=O) groups excluding carboxylic acids is 1. The van der Waals surface area contributed by atoms with Crippen LogP contribution in [0.3, 0.4) is 0 Å². The fraction of sp³-hybridized carbons (Fsp3) is 0.375. The Morgan fingerprint density at radius 3 is 2.90 bits per heavy atom. The monoisotopic (exact) mass is 288 g/mol. The number of hydrogen-bond donors (Lipinski definition) is 2. The van der Waals surface area contributed by atoms with Gasteiger partial charge >= 0.3 is 12.0 Å². The molecule has 1 heterocycles. The van der Waals surface area contributed by atoms with Crippen molar-refractivity contribution in [2.45, 2.75) is 25.7 Å². The zero-order valence-electron chi connectivity index (χ0n) is 12.1. The van der Waals surface area contributed by atoms with Gasteiger partial charge in [-0.25, -0.2) is 4.79 Å². The van der Waals surface area contributed by atoms with E-state index in [2.05, 4.69) is 5.32 Å². The SMILES string of the molecule is C/C=C/CCNC(=O)N1CCC(C(=O)O)c2ccccc21. The number of benzene rings is 1. The summed E-state index contributed by atoms with van der Waals surface area (Å²) in [5.74, 6) is -1.37. The Balaban J connectivity index is 2.13. The zero-order valence-corrected chi connectivity index (χ0v) is 12.1. The average molecular weight is 288 g/mol. The van der Waals surface area contributed by atoms with Gasteiger partial charge in [0.2, 0.25) is 0 Å². The molecule has 0 saturated heterocycles. The number of nitrogens with zero attached hydrogens (tertiary/aromatic N) is 1. The topological polar surface area (TPSA) is 69.6 Å². The zero-order chi connectivity index (χ0) is 15.2. The van der Waals surface area contributed by atoms with Gasteiger partial charge in [-0.3, -0.25) is 9.69 Å². The molecule has 0 spiro atoms. The maximum Gasteiger partial charge on any atom is 0.321 e. The van der Waals surface area contributed by atoms with E-state index in [9.17, 15) is 14.7 Å². The Bertz CT molecular complexity index is 554. The molecule has 1 aromatic carbocycles. The third-order valence-corrected chi connectivity index (χ3v) is 3.61. The van der Waals surface area contributed by atoms with E-state index in [4.69, 9.17) is 0 Å². The summed E-state index contributed by atoms with van der Waals surface area (Å²) in [5.41, 5.74) is 1.40. The van der Waals surface area contributed by atoms with Crippen molar-refractivity contribution in [3.8, 4) is 0 Å². The normalized spacial score (nSPS) is 17.6. The van der Waals surface area contributed by atoms with Gasteiger partial charge in [0.05, 0.1) is 5.92 Å². The number of carbonyl (C=O) groups is 2. The van der Waals surface area contributed by atoms with Crippen molar-refractivity contribution < 1.29 is 14.7 Å². The summed E-state index contributed by atoms with van der Waals surface area (Å²) < 4.78 is 0. The molecule has 0 radical (unpaired) electrons. The number of nitrogens with one attached hydrogen (secondary N) is 1. The van der Waals surface area contributed by atoms with E-state index in [-0.39, 0.29) is 6.03 Å². The van der Waals surface area contributed by atoms with Gasteiger partial charge in [-0.15, -0.1) is 0 Å². The molecule has 0 aliphatic carbocycles. The summed E-state index contributed by atoms with van der Waals surface area (Å²) in [6.45, 7) is 2.93. The molecule has 0 fully saturated rings. The second-order valence-corrected chi connectivity index (χ2v) is 4.98. The van der Waals surface area contributed by atoms with Crippen molar-refractivity contribution in [1.82, 2.24) is 5.32 Å². The van der Waals surface area contributed by atoms with Gasteiger partial charge in [0, 0.05) is 18.8 Å². The molecule has 1 unspecified atom stereocenters. The first kappa shape index (κ1) is 15.1. The van der Waals surface area contributed by atoms with Gasteiger partial charge < -0.3 is 10.4 Å². The Morgan fingerprint density at radius 2 is 2.19 bits per heavy atom. The first-order valence-corrected chi connectivity index (χ1v) is 7.13. The van der Waals surface area contributed by atoms with Crippen LogP contribution in [0.1, 0.15) is 31.2 Å². The van der Waals surface area contributed by atoms with E-state index in [0.717, 1.165) is 6.42 Å². The third kappa shape index (κ3) is 3.42. The van der Waals surface area contributed by atoms with Crippen LogP contribution in [0.5, 0.6) is 0 Å². The van der Waals surface area contributed by atoms with Gasteiger partial charge in [-0.05, 0) is 31.4 Å². The smallest absolute Gasteiger partial charge is 0.321 e. The summed E-state index contributed by atoms with van der Waals surface area (Å²) in [4.78, 5) is 25.2. The highest BCUT2D eigenvalue weighted by Crippen LogP contribution is 2.35. The fourth-order valence-corrected chi connectivity index (χ4v) is 2.55. The number of rotatable bonds is 4. The van der Waals surface area contributed by atoms with Crippen LogP contribution < -0.4 is 10.2 Å². The molecular formula is C16H20N2O3. The highest BCUT2D eigenvalue weighted by atomic mass is 16.4. The minimum Gasteiger partial charge on any atom is -0.481 e. The lowest BCUT2D eigenvalue weighted by Crippen LogP contribution is -2.44. The predicted octanol–water partition coefficient (Wildman–Crippen LogP) is 2.74. The lowest BCUT2D eigenvalue weighted by Gasteiger charge is -2.32. The van der Waals surface area contributed by atoms with Crippen molar-refractivity contribution in [3.63, 3.8) is 0 Å². The van der Waals surface area contributed by atoms with Crippen LogP contribution in [0.4, 0.5) is 10.5 Å². The van der Waals surface area contributed by atoms with Crippen molar-refractivity contribution in [2.75, 3.05) is 18.0 Å². The van der Waals surface area contributed by atoms with Gasteiger partial charge in [-0.2, -0.15) is 0 Å². The lowest BCUT2D eigenvalue weighted by molar-refractivity contribution is -0.139. The molecule has 2 N–H and O–H groups in total. The molecule has 1 aliphatic heterocycles. The van der Waals surface area contributed by atoms with Crippen molar-refractivity contribution >= 4 is 17.7 Å². The number of allylic oxidation sites excluding steroid dienone is 1. The molecule has 1 aromatic rings. The van der Waals surface area contributed by atoms with Crippen LogP contribution in [-0.4, -0.2) is 30.2 Å². The molecular weight excluding hydrogens is 268 g/mol. The third-order valence-electron chi connectivity index (χ3n) is 3.61. The summed E-state index contributed by atoms with van der Waals surface area (Å²) in [6.07, 6.45) is 5.16. The molecule has 0 saturated carbocycles. The van der Waals surface area contributed by atoms with E-state index < -0.39 is 11.9 Å². The number of carboxylic acids is 1. The molecule has 2 amide bonds. The first-order chi connectivity index (χ1) is 10.1. The lowest BCUT2D eigenvalue weighted by atomic mass is 9.90. The summed E-state index contributed by atoms with van der Waals surface area (Å²) in [5, 5.41) is 12.1. The standard InChI is InChI=1S/C16H20N2O3/c1-2-3-6-10-17-16(21)18-11-9-13(15(19)20)12-7-4-5-8-14(12)18/h2-5,7-8,13H,6,9-11H2,1H3,(H,17,21)(H,19,20)/b3-2+. The van der Waals surface area contributed by atoms with Crippen LogP contribution in [-0.2, 0) is 4.79 Å². The quantitative estimate of drug-likeness (QED) is 0.661. The number of amides is 2. The summed E-state index contributed by atoms with van der Waals surface area (Å²) in [6, 6.07) is 7.05. The number of carboxylic acid groups (broad SMARTS) is 1. The van der Waals surface area contributed by atoms with E-state index in [1.54, 1.807) is 17.0 Å². The molecule has 5 nitrogen and oxygen atoms in total. The first-order valence-electron chi connectivity index (χ1n) is 7.13. The maximum atomic E-state index is 12.2. The molecule has 0 aromatic heterocycles.